The molecule has 0 aromatic heterocycles. The molecule has 1 nitrogen and oxygen atoms in total. The number of thioether (sulfide) groups is 1. The van der Waals surface area contributed by atoms with Crippen LogP contribution in [0.2, 0.25) is 0 Å². The predicted molar refractivity (Wildman–Crippen MR) is 56.2 cm³/mol. The highest BCUT2D eigenvalue weighted by Gasteiger charge is 2.00. The lowest BCUT2D eigenvalue weighted by molar-refractivity contribution is 0.626. The zero-order valence-corrected chi connectivity index (χ0v) is 8.48. The molecule has 2 N–H and O–H groups in total. The van der Waals surface area contributed by atoms with Crippen LogP contribution in [0.25, 0.3) is 0 Å². The Morgan fingerprint density at radius 2 is 2.31 bits per heavy atom. The summed E-state index contributed by atoms with van der Waals surface area (Å²) >= 11 is 1.75. The smallest absolute Gasteiger partial charge is 0.123 e. The average molecular weight is 199 g/mol. The number of hydrogen-bond donors (Lipinski definition) is 1. The topological polar surface area (TPSA) is 26.0 Å². The van der Waals surface area contributed by atoms with Gasteiger partial charge in [-0.2, -0.15) is 11.8 Å². The fraction of sp³-hybridized carbons (Fsp3) is 0.400. The maximum Gasteiger partial charge on any atom is 0.123 e. The normalized spacial score (nSPS) is 12.8. The monoisotopic (exact) mass is 199 g/mol. The van der Waals surface area contributed by atoms with Crippen LogP contribution in [0.1, 0.15) is 12.5 Å². The first-order valence-electron chi connectivity index (χ1n) is 4.28. The van der Waals surface area contributed by atoms with Crippen LogP contribution in [0.15, 0.2) is 24.3 Å². The van der Waals surface area contributed by atoms with Crippen LogP contribution in [-0.4, -0.2) is 11.8 Å². The molecule has 0 amide bonds. The lowest BCUT2D eigenvalue weighted by Gasteiger charge is -2.07. The molecule has 0 radical (unpaired) electrons. The van der Waals surface area contributed by atoms with Crippen molar-refractivity contribution in [2.24, 2.45) is 5.73 Å². The van der Waals surface area contributed by atoms with Gasteiger partial charge < -0.3 is 5.73 Å². The Morgan fingerprint density at radius 1 is 1.54 bits per heavy atom. The van der Waals surface area contributed by atoms with Crippen LogP contribution in [0, 0.1) is 5.82 Å². The van der Waals surface area contributed by atoms with Gasteiger partial charge in [0.1, 0.15) is 5.82 Å². The van der Waals surface area contributed by atoms with Gasteiger partial charge in [0.25, 0.3) is 0 Å². The quantitative estimate of drug-likeness (QED) is 0.806. The molecule has 13 heavy (non-hydrogen) atoms. The van der Waals surface area contributed by atoms with Gasteiger partial charge in [-0.15, -0.1) is 0 Å². The van der Waals surface area contributed by atoms with Gasteiger partial charge in [0.15, 0.2) is 0 Å². The van der Waals surface area contributed by atoms with Crippen LogP contribution in [0.4, 0.5) is 4.39 Å². The van der Waals surface area contributed by atoms with Crippen molar-refractivity contribution in [3.63, 3.8) is 0 Å². The van der Waals surface area contributed by atoms with Crippen molar-refractivity contribution in [2.75, 3.05) is 6.54 Å². The second-order valence-electron chi connectivity index (χ2n) is 2.99. The summed E-state index contributed by atoms with van der Waals surface area (Å²) in [5.74, 6) is 0.661. The first-order chi connectivity index (χ1) is 6.22. The third-order valence-electron chi connectivity index (χ3n) is 1.76. The van der Waals surface area contributed by atoms with Crippen LogP contribution < -0.4 is 5.73 Å². The van der Waals surface area contributed by atoms with Crippen molar-refractivity contribution in [3.8, 4) is 0 Å². The number of nitrogens with two attached hydrogens (primary N) is 1. The summed E-state index contributed by atoms with van der Waals surface area (Å²) in [4.78, 5) is 0. The Morgan fingerprint density at radius 3 is 2.92 bits per heavy atom. The molecule has 0 aliphatic carbocycles. The number of benzene rings is 1. The Labute approximate surface area is 82.5 Å². The fourth-order valence-electron chi connectivity index (χ4n) is 0.933. The summed E-state index contributed by atoms with van der Waals surface area (Å²) < 4.78 is 12.7. The lowest BCUT2D eigenvalue weighted by atomic mass is 10.2. The Bertz CT molecular complexity index is 265. The molecular weight excluding hydrogens is 185 g/mol. The summed E-state index contributed by atoms with van der Waals surface area (Å²) in [6.07, 6.45) is 0. The summed E-state index contributed by atoms with van der Waals surface area (Å²) in [6.45, 7) is 2.74. The first kappa shape index (κ1) is 10.5. The molecule has 72 valence electrons. The van der Waals surface area contributed by atoms with Crippen LogP contribution in [0.5, 0.6) is 0 Å². The van der Waals surface area contributed by atoms with E-state index in [1.54, 1.807) is 23.9 Å². The molecule has 0 saturated carbocycles. The van der Waals surface area contributed by atoms with Crippen LogP contribution in [0.3, 0.4) is 0 Å². The fourth-order valence-corrected chi connectivity index (χ4v) is 1.73. The Hall–Kier alpha value is -0.540. The molecule has 1 aromatic carbocycles. The van der Waals surface area contributed by atoms with E-state index in [2.05, 4.69) is 6.92 Å². The second kappa shape index (κ2) is 5.25. The van der Waals surface area contributed by atoms with E-state index >= 15 is 0 Å². The van der Waals surface area contributed by atoms with E-state index in [0.717, 1.165) is 11.3 Å². The van der Waals surface area contributed by atoms with E-state index in [0.29, 0.717) is 11.8 Å². The van der Waals surface area contributed by atoms with E-state index in [9.17, 15) is 4.39 Å². The van der Waals surface area contributed by atoms with E-state index in [4.69, 9.17) is 5.73 Å². The van der Waals surface area contributed by atoms with Crippen LogP contribution >= 0.6 is 11.8 Å². The minimum Gasteiger partial charge on any atom is -0.329 e. The van der Waals surface area contributed by atoms with Crippen molar-refractivity contribution in [3.05, 3.63) is 35.6 Å². The molecule has 1 rings (SSSR count). The van der Waals surface area contributed by atoms with Gasteiger partial charge in [0, 0.05) is 17.5 Å². The molecule has 0 aliphatic rings. The molecule has 1 unspecified atom stereocenters. The van der Waals surface area contributed by atoms with E-state index < -0.39 is 0 Å². The highest BCUT2D eigenvalue weighted by atomic mass is 32.2. The van der Waals surface area contributed by atoms with Gasteiger partial charge in [-0.3, -0.25) is 0 Å². The molecule has 3 heteroatoms. The average Bonchev–Trinajstić information content (AvgIpc) is 2.14. The molecule has 1 aromatic rings. The molecule has 0 fully saturated rings. The van der Waals surface area contributed by atoms with Crippen molar-refractivity contribution in [1.29, 1.82) is 0 Å². The van der Waals surface area contributed by atoms with Crippen molar-refractivity contribution in [1.82, 2.24) is 0 Å². The first-order valence-corrected chi connectivity index (χ1v) is 5.33. The summed E-state index contributed by atoms with van der Waals surface area (Å²) in [5.41, 5.74) is 6.49. The van der Waals surface area contributed by atoms with Crippen molar-refractivity contribution < 1.29 is 4.39 Å². The SMILES string of the molecule is CC(CN)SCc1cccc(F)c1. The summed E-state index contributed by atoms with van der Waals surface area (Å²) in [5, 5.41) is 0.434. The maximum atomic E-state index is 12.7. The highest BCUT2D eigenvalue weighted by Crippen LogP contribution is 2.17. The van der Waals surface area contributed by atoms with Crippen molar-refractivity contribution in [2.45, 2.75) is 17.9 Å². The third-order valence-corrected chi connectivity index (χ3v) is 3.02. The highest BCUT2D eigenvalue weighted by molar-refractivity contribution is 7.99. The minimum absolute atomic E-state index is 0.168. The second-order valence-corrected chi connectivity index (χ2v) is 4.41. The molecule has 0 spiro atoms. The number of rotatable bonds is 4. The van der Waals surface area contributed by atoms with Gasteiger partial charge in [-0.1, -0.05) is 19.1 Å². The molecular formula is C10H14FNS. The minimum atomic E-state index is -0.168. The van der Waals surface area contributed by atoms with E-state index in [-0.39, 0.29) is 5.82 Å². The number of halogens is 1. The molecule has 0 aliphatic heterocycles. The molecule has 1 atom stereocenters. The zero-order chi connectivity index (χ0) is 9.68. The number of hydrogen-bond acceptors (Lipinski definition) is 2. The largest absolute Gasteiger partial charge is 0.329 e. The summed E-state index contributed by atoms with van der Waals surface area (Å²) in [6, 6.07) is 6.69. The van der Waals surface area contributed by atoms with E-state index in [1.807, 2.05) is 6.07 Å². The Balaban J connectivity index is 2.45. The van der Waals surface area contributed by atoms with Gasteiger partial charge in [0.05, 0.1) is 0 Å². The summed E-state index contributed by atoms with van der Waals surface area (Å²) in [7, 11) is 0. The van der Waals surface area contributed by atoms with Crippen LogP contribution in [-0.2, 0) is 5.75 Å². The van der Waals surface area contributed by atoms with Gasteiger partial charge in [-0.05, 0) is 17.7 Å². The van der Waals surface area contributed by atoms with E-state index in [1.165, 1.54) is 6.07 Å². The van der Waals surface area contributed by atoms with Gasteiger partial charge in [-0.25, -0.2) is 4.39 Å². The molecule has 0 bridgehead atoms. The third kappa shape index (κ3) is 3.79. The Kier molecular flexibility index (Phi) is 4.25. The molecule has 0 saturated heterocycles. The standard InChI is InChI=1S/C10H14FNS/c1-8(6-12)13-7-9-3-2-4-10(11)5-9/h2-5,8H,6-7,12H2,1H3. The maximum absolute atomic E-state index is 12.7. The van der Waals surface area contributed by atoms with Crippen molar-refractivity contribution >= 4 is 11.8 Å². The zero-order valence-electron chi connectivity index (χ0n) is 7.66. The molecule has 0 heterocycles. The van der Waals surface area contributed by atoms with Gasteiger partial charge >= 0.3 is 0 Å². The lowest BCUT2D eigenvalue weighted by Crippen LogP contribution is -2.12. The predicted octanol–water partition coefficient (Wildman–Crippen LogP) is 2.41. The van der Waals surface area contributed by atoms with Gasteiger partial charge in [0.2, 0.25) is 0 Å².